The molecule has 9 nitrogen and oxygen atoms in total. The van der Waals surface area contributed by atoms with E-state index in [0.29, 0.717) is 16.5 Å². The fourth-order valence-electron chi connectivity index (χ4n) is 5.08. The molecule has 1 saturated heterocycles. The Morgan fingerprint density at radius 3 is 2.58 bits per heavy atom. The average molecular weight is 458 g/mol. The van der Waals surface area contributed by atoms with Crippen molar-refractivity contribution in [2.45, 2.75) is 26.9 Å². The van der Waals surface area contributed by atoms with Crippen LogP contribution < -0.4 is 21.1 Å². The number of aryl methyl sites for hydroxylation is 1. The molecule has 0 amide bonds. The first-order valence-corrected chi connectivity index (χ1v) is 11.6. The van der Waals surface area contributed by atoms with Gasteiger partial charge in [-0.05, 0) is 17.6 Å². The molecule has 0 spiro atoms. The third-order valence-electron chi connectivity index (χ3n) is 6.78. The van der Waals surface area contributed by atoms with Gasteiger partial charge < -0.3 is 18.8 Å². The minimum Gasteiger partial charge on any atom is -0.403 e. The summed E-state index contributed by atoms with van der Waals surface area (Å²) in [5.41, 5.74) is 1.41. The quantitative estimate of drug-likeness (QED) is 0.593. The standard InChI is InChI=1S/C24H35N5O4/c1-15(2)20-16(3)19(32-6)13-18-21(20)24(30)33-22(26-18)17-14-25-27(4)23(17)29-9-7-28(8-10-29)11-12-31-5/h13-16,19H,7-12H2,1-6H3. The van der Waals surface area contributed by atoms with Crippen molar-refractivity contribution < 1.29 is 13.9 Å². The highest BCUT2D eigenvalue weighted by atomic mass is 16.5. The topological polar surface area (TPSA) is 85.9 Å². The second-order valence-electron chi connectivity index (χ2n) is 9.16. The predicted octanol–water partition coefficient (Wildman–Crippen LogP) is 0.456. The smallest absolute Gasteiger partial charge is 0.347 e. The van der Waals surface area contributed by atoms with Crippen LogP contribution in [0.1, 0.15) is 20.8 Å². The number of piperazine rings is 1. The molecule has 3 heterocycles. The van der Waals surface area contributed by atoms with Gasteiger partial charge in [-0.15, -0.1) is 0 Å². The number of hydrogen-bond acceptors (Lipinski definition) is 8. The van der Waals surface area contributed by atoms with Gasteiger partial charge in [0.15, 0.2) is 0 Å². The first kappa shape index (κ1) is 23.7. The molecule has 0 aromatic carbocycles. The van der Waals surface area contributed by atoms with E-state index in [9.17, 15) is 4.79 Å². The highest BCUT2D eigenvalue weighted by molar-refractivity contribution is 5.70. The molecular formula is C24H35N5O4. The lowest BCUT2D eigenvalue weighted by molar-refractivity contribution is 0.124. The minimum absolute atomic E-state index is 0.0846. The number of anilines is 1. The van der Waals surface area contributed by atoms with Gasteiger partial charge in [-0.25, -0.2) is 9.78 Å². The van der Waals surface area contributed by atoms with E-state index >= 15 is 0 Å². The molecule has 2 aromatic rings. The van der Waals surface area contributed by atoms with Gasteiger partial charge in [0.2, 0.25) is 5.89 Å². The van der Waals surface area contributed by atoms with Gasteiger partial charge in [0.05, 0.1) is 35.0 Å². The van der Waals surface area contributed by atoms with E-state index in [4.69, 9.17) is 18.9 Å². The molecule has 2 aliphatic rings. The van der Waals surface area contributed by atoms with E-state index in [1.54, 1.807) is 20.4 Å². The third-order valence-corrected chi connectivity index (χ3v) is 6.78. The zero-order valence-electron chi connectivity index (χ0n) is 20.5. The van der Waals surface area contributed by atoms with E-state index in [-0.39, 0.29) is 23.6 Å². The summed E-state index contributed by atoms with van der Waals surface area (Å²) in [5, 5.41) is 5.67. The number of aromatic nitrogens is 3. The minimum atomic E-state index is -0.351. The molecule has 1 aliphatic carbocycles. The summed E-state index contributed by atoms with van der Waals surface area (Å²) in [7, 11) is 5.33. The number of rotatable bonds is 7. The third kappa shape index (κ3) is 4.49. The van der Waals surface area contributed by atoms with Gasteiger partial charge in [-0.2, -0.15) is 5.10 Å². The van der Waals surface area contributed by atoms with Gasteiger partial charge in [-0.3, -0.25) is 9.58 Å². The molecule has 1 fully saturated rings. The number of nitrogens with zero attached hydrogens (tertiary/aromatic N) is 5. The van der Waals surface area contributed by atoms with Crippen molar-refractivity contribution in [2.24, 2.45) is 18.9 Å². The Labute approximate surface area is 194 Å². The maximum atomic E-state index is 13.2. The fourth-order valence-corrected chi connectivity index (χ4v) is 5.08. The second kappa shape index (κ2) is 9.79. The molecular weight excluding hydrogens is 422 g/mol. The van der Waals surface area contributed by atoms with E-state index in [0.717, 1.165) is 56.3 Å². The van der Waals surface area contributed by atoms with E-state index in [2.05, 4.69) is 35.7 Å². The Morgan fingerprint density at radius 1 is 1.21 bits per heavy atom. The van der Waals surface area contributed by atoms with E-state index in [1.807, 2.05) is 17.8 Å². The SMILES string of the molecule is COCCN1CCN(c2c(-c3nc4c(c(=O)o3)=C(C(C)C)C(C)C(OC)C=4)cnn2C)CC1. The van der Waals surface area contributed by atoms with Gasteiger partial charge in [0.1, 0.15) is 5.82 Å². The highest BCUT2D eigenvalue weighted by Crippen LogP contribution is 2.30. The molecule has 33 heavy (non-hydrogen) atoms. The fraction of sp³-hybridized carbons (Fsp3) is 0.625. The number of methoxy groups -OCH3 is 2. The highest BCUT2D eigenvalue weighted by Gasteiger charge is 2.29. The van der Waals surface area contributed by atoms with Gasteiger partial charge >= 0.3 is 5.63 Å². The Balaban J connectivity index is 1.75. The van der Waals surface area contributed by atoms with Crippen LogP contribution >= 0.6 is 0 Å². The summed E-state index contributed by atoms with van der Waals surface area (Å²) < 4.78 is 18.6. The van der Waals surface area contributed by atoms with Crippen LogP contribution in [0, 0.1) is 11.8 Å². The van der Waals surface area contributed by atoms with Crippen LogP contribution in [0.4, 0.5) is 5.82 Å². The molecule has 0 bridgehead atoms. The van der Waals surface area contributed by atoms with Crippen LogP contribution in [0.5, 0.6) is 0 Å². The van der Waals surface area contributed by atoms with E-state index < -0.39 is 0 Å². The number of ether oxygens (including phenoxy) is 2. The summed E-state index contributed by atoms with van der Waals surface area (Å²) in [6, 6.07) is 0. The predicted molar refractivity (Wildman–Crippen MR) is 127 cm³/mol. The zero-order valence-corrected chi connectivity index (χ0v) is 20.5. The van der Waals surface area contributed by atoms with Crippen LogP contribution in [0.2, 0.25) is 0 Å². The molecule has 4 rings (SSSR count). The number of hydrogen-bond donors (Lipinski definition) is 0. The van der Waals surface area contributed by atoms with Crippen molar-refractivity contribution in [1.82, 2.24) is 19.7 Å². The van der Waals surface area contributed by atoms with Crippen LogP contribution in [0.25, 0.3) is 23.1 Å². The normalized spacial score (nSPS) is 21.4. The first-order valence-electron chi connectivity index (χ1n) is 11.6. The second-order valence-corrected chi connectivity index (χ2v) is 9.16. The summed E-state index contributed by atoms with van der Waals surface area (Å²) in [4.78, 5) is 22.7. The molecule has 1 aliphatic heterocycles. The lowest BCUT2D eigenvalue weighted by atomic mass is 9.83. The Bertz CT molecular complexity index is 1160. The first-order chi connectivity index (χ1) is 15.8. The molecule has 2 unspecified atom stereocenters. The van der Waals surface area contributed by atoms with Crippen LogP contribution in [0.3, 0.4) is 0 Å². The monoisotopic (exact) mass is 457 g/mol. The maximum absolute atomic E-state index is 13.2. The summed E-state index contributed by atoms with van der Waals surface area (Å²) >= 11 is 0. The number of fused-ring (bicyclic) bond motifs is 1. The van der Waals surface area contributed by atoms with Gasteiger partial charge in [-0.1, -0.05) is 20.8 Å². The zero-order chi connectivity index (χ0) is 23.7. The molecule has 2 aromatic heterocycles. The Hall–Kier alpha value is -2.49. The molecule has 0 saturated carbocycles. The average Bonchev–Trinajstić information content (AvgIpc) is 3.19. The molecule has 0 N–H and O–H groups in total. The summed E-state index contributed by atoms with van der Waals surface area (Å²) in [5.74, 6) is 1.48. The van der Waals surface area contributed by atoms with Crippen molar-refractivity contribution in [1.29, 1.82) is 0 Å². The van der Waals surface area contributed by atoms with Gasteiger partial charge in [0.25, 0.3) is 0 Å². The van der Waals surface area contributed by atoms with Crippen LogP contribution in [-0.2, 0) is 16.5 Å². The van der Waals surface area contributed by atoms with Crippen molar-refractivity contribution in [3.63, 3.8) is 0 Å². The van der Waals surface area contributed by atoms with Crippen molar-refractivity contribution in [3.05, 3.63) is 27.2 Å². The van der Waals surface area contributed by atoms with Crippen LogP contribution in [-0.4, -0.2) is 79.3 Å². The summed E-state index contributed by atoms with van der Waals surface area (Å²) in [6.07, 6.45) is 3.54. The Kier molecular flexibility index (Phi) is 7.02. The maximum Gasteiger partial charge on any atom is 0.347 e. The lowest BCUT2D eigenvalue weighted by Gasteiger charge is -2.36. The summed E-state index contributed by atoms with van der Waals surface area (Å²) in [6.45, 7) is 11.5. The molecule has 180 valence electrons. The van der Waals surface area contributed by atoms with Crippen molar-refractivity contribution in [3.8, 4) is 11.5 Å². The van der Waals surface area contributed by atoms with Gasteiger partial charge in [0, 0.05) is 59.9 Å². The van der Waals surface area contributed by atoms with Crippen molar-refractivity contribution >= 4 is 17.5 Å². The van der Waals surface area contributed by atoms with Crippen molar-refractivity contribution in [2.75, 3.05) is 58.5 Å². The Morgan fingerprint density at radius 2 is 1.94 bits per heavy atom. The largest absolute Gasteiger partial charge is 0.403 e. The molecule has 2 atom stereocenters. The molecule has 9 heteroatoms. The molecule has 0 radical (unpaired) electrons. The van der Waals surface area contributed by atoms with E-state index in [1.165, 1.54) is 0 Å². The lowest BCUT2D eigenvalue weighted by Crippen LogP contribution is -2.50. The van der Waals surface area contributed by atoms with Crippen LogP contribution in [0.15, 0.2) is 15.4 Å².